The van der Waals surface area contributed by atoms with E-state index >= 15 is 0 Å². The van der Waals surface area contributed by atoms with Gasteiger partial charge in [-0.3, -0.25) is 5.32 Å². The average Bonchev–Trinajstić information content (AvgIpc) is 2.28. The van der Waals surface area contributed by atoms with Crippen molar-refractivity contribution in [3.05, 3.63) is 23.8 Å². The molecular formula is C11H15NO3. The highest BCUT2D eigenvalue weighted by Crippen LogP contribution is 2.22. The van der Waals surface area contributed by atoms with Crippen molar-refractivity contribution in [2.75, 3.05) is 19.5 Å². The second-order valence-corrected chi connectivity index (χ2v) is 3.00. The fourth-order valence-electron chi connectivity index (χ4n) is 1.30. The number of carbonyl (C=O) groups is 1. The molecule has 1 aromatic rings. The second kappa shape index (κ2) is 5.24. The maximum absolute atomic E-state index is 11.0. The zero-order valence-electron chi connectivity index (χ0n) is 9.16. The third-order valence-corrected chi connectivity index (χ3v) is 2.09. The predicted molar refractivity (Wildman–Crippen MR) is 58.4 cm³/mol. The SMILES string of the molecule is CCc1cc(NC(=O)OC)ccc1OC. The lowest BCUT2D eigenvalue weighted by molar-refractivity contribution is 0.187. The van der Waals surface area contributed by atoms with Crippen molar-refractivity contribution in [3.8, 4) is 5.75 Å². The average molecular weight is 209 g/mol. The molecule has 0 fully saturated rings. The van der Waals surface area contributed by atoms with Crippen LogP contribution in [0.4, 0.5) is 10.5 Å². The fraction of sp³-hybridized carbons (Fsp3) is 0.364. The number of aryl methyl sites for hydroxylation is 1. The third kappa shape index (κ3) is 2.87. The van der Waals surface area contributed by atoms with Crippen LogP contribution < -0.4 is 10.1 Å². The number of hydrogen-bond donors (Lipinski definition) is 1. The van der Waals surface area contributed by atoms with Crippen LogP contribution in [0.25, 0.3) is 0 Å². The highest BCUT2D eigenvalue weighted by molar-refractivity contribution is 5.84. The Balaban J connectivity index is 2.88. The van der Waals surface area contributed by atoms with Crippen molar-refractivity contribution in [1.29, 1.82) is 0 Å². The van der Waals surface area contributed by atoms with Crippen LogP contribution in [0.1, 0.15) is 12.5 Å². The molecule has 4 nitrogen and oxygen atoms in total. The van der Waals surface area contributed by atoms with Crippen LogP contribution in [0, 0.1) is 0 Å². The highest BCUT2D eigenvalue weighted by Gasteiger charge is 2.05. The summed E-state index contributed by atoms with van der Waals surface area (Å²) >= 11 is 0. The summed E-state index contributed by atoms with van der Waals surface area (Å²) in [5.74, 6) is 0.827. The molecule has 0 radical (unpaired) electrons. The molecular weight excluding hydrogens is 194 g/mol. The Kier molecular flexibility index (Phi) is 3.97. The number of amides is 1. The minimum Gasteiger partial charge on any atom is -0.496 e. The van der Waals surface area contributed by atoms with Gasteiger partial charge in [-0.2, -0.15) is 0 Å². The molecule has 0 saturated heterocycles. The Hall–Kier alpha value is -1.71. The standard InChI is InChI=1S/C11H15NO3/c1-4-8-7-9(12-11(13)15-3)5-6-10(8)14-2/h5-7H,4H2,1-3H3,(H,12,13). The van der Waals surface area contributed by atoms with E-state index in [4.69, 9.17) is 4.74 Å². The van der Waals surface area contributed by atoms with E-state index in [1.165, 1.54) is 7.11 Å². The van der Waals surface area contributed by atoms with E-state index in [0.717, 1.165) is 17.7 Å². The predicted octanol–water partition coefficient (Wildman–Crippen LogP) is 2.44. The van der Waals surface area contributed by atoms with Gasteiger partial charge >= 0.3 is 6.09 Å². The minimum absolute atomic E-state index is 0.470. The Morgan fingerprint density at radius 2 is 2.13 bits per heavy atom. The van der Waals surface area contributed by atoms with E-state index in [1.54, 1.807) is 13.2 Å². The van der Waals surface area contributed by atoms with Gasteiger partial charge in [-0.15, -0.1) is 0 Å². The van der Waals surface area contributed by atoms with Crippen molar-refractivity contribution in [2.24, 2.45) is 0 Å². The highest BCUT2D eigenvalue weighted by atomic mass is 16.5. The molecule has 0 spiro atoms. The Morgan fingerprint density at radius 1 is 1.40 bits per heavy atom. The summed E-state index contributed by atoms with van der Waals surface area (Å²) in [7, 11) is 2.96. The first-order valence-corrected chi connectivity index (χ1v) is 4.73. The quantitative estimate of drug-likeness (QED) is 0.831. The van der Waals surface area contributed by atoms with Crippen molar-refractivity contribution in [3.63, 3.8) is 0 Å². The summed E-state index contributed by atoms with van der Waals surface area (Å²) in [6.07, 6.45) is 0.377. The van der Waals surface area contributed by atoms with E-state index < -0.39 is 6.09 Å². The Bertz CT molecular complexity index is 350. The summed E-state index contributed by atoms with van der Waals surface area (Å²) in [5, 5.41) is 2.60. The molecule has 1 amide bonds. The van der Waals surface area contributed by atoms with Crippen molar-refractivity contribution < 1.29 is 14.3 Å². The molecule has 0 unspecified atom stereocenters. The molecule has 15 heavy (non-hydrogen) atoms. The number of carbonyl (C=O) groups excluding carboxylic acids is 1. The molecule has 1 aromatic carbocycles. The van der Waals surface area contributed by atoms with Crippen molar-refractivity contribution >= 4 is 11.8 Å². The lowest BCUT2D eigenvalue weighted by Gasteiger charge is -2.09. The zero-order valence-corrected chi connectivity index (χ0v) is 9.16. The molecule has 0 atom stereocenters. The summed E-state index contributed by atoms with van der Waals surface area (Å²) in [4.78, 5) is 11.0. The molecule has 0 aliphatic rings. The summed E-state index contributed by atoms with van der Waals surface area (Å²) in [6.45, 7) is 2.03. The second-order valence-electron chi connectivity index (χ2n) is 3.00. The van der Waals surface area contributed by atoms with Gasteiger partial charge in [-0.1, -0.05) is 6.92 Å². The Morgan fingerprint density at radius 3 is 2.67 bits per heavy atom. The van der Waals surface area contributed by atoms with Crippen LogP contribution in [0.2, 0.25) is 0 Å². The van der Waals surface area contributed by atoms with Crippen molar-refractivity contribution in [2.45, 2.75) is 13.3 Å². The first-order chi connectivity index (χ1) is 7.21. The smallest absolute Gasteiger partial charge is 0.411 e. The monoisotopic (exact) mass is 209 g/mol. The van der Waals surface area contributed by atoms with E-state index in [9.17, 15) is 4.79 Å². The molecule has 1 rings (SSSR count). The van der Waals surface area contributed by atoms with Crippen molar-refractivity contribution in [1.82, 2.24) is 0 Å². The summed E-state index contributed by atoms with van der Waals surface area (Å²) in [6, 6.07) is 5.47. The molecule has 82 valence electrons. The number of nitrogens with one attached hydrogen (secondary N) is 1. The van der Waals surface area contributed by atoms with Gasteiger partial charge in [0.2, 0.25) is 0 Å². The van der Waals surface area contributed by atoms with E-state index in [1.807, 2.05) is 19.1 Å². The van der Waals surface area contributed by atoms with Gasteiger partial charge in [0.15, 0.2) is 0 Å². The van der Waals surface area contributed by atoms with Crippen LogP contribution in [-0.2, 0) is 11.2 Å². The minimum atomic E-state index is -0.470. The molecule has 0 aromatic heterocycles. The number of benzene rings is 1. The lowest BCUT2D eigenvalue weighted by Crippen LogP contribution is -2.11. The van der Waals surface area contributed by atoms with Gasteiger partial charge < -0.3 is 9.47 Å². The van der Waals surface area contributed by atoms with Gasteiger partial charge in [-0.25, -0.2) is 4.79 Å². The first-order valence-electron chi connectivity index (χ1n) is 4.73. The molecule has 0 saturated carbocycles. The number of rotatable bonds is 3. The van der Waals surface area contributed by atoms with Crippen LogP contribution in [0.15, 0.2) is 18.2 Å². The number of ether oxygens (including phenoxy) is 2. The van der Waals surface area contributed by atoms with Gasteiger partial charge in [0, 0.05) is 5.69 Å². The number of anilines is 1. The van der Waals surface area contributed by atoms with Crippen LogP contribution in [0.3, 0.4) is 0 Å². The topological polar surface area (TPSA) is 47.6 Å². The first kappa shape index (κ1) is 11.4. The molecule has 0 aliphatic carbocycles. The largest absolute Gasteiger partial charge is 0.496 e. The summed E-state index contributed by atoms with van der Waals surface area (Å²) in [5.41, 5.74) is 1.76. The molecule has 4 heteroatoms. The number of methoxy groups -OCH3 is 2. The molecule has 0 bridgehead atoms. The van der Waals surface area contributed by atoms with Crippen LogP contribution >= 0.6 is 0 Å². The molecule has 0 aliphatic heterocycles. The van der Waals surface area contributed by atoms with Crippen LogP contribution in [0.5, 0.6) is 5.75 Å². The van der Waals surface area contributed by atoms with Crippen LogP contribution in [-0.4, -0.2) is 20.3 Å². The fourth-order valence-corrected chi connectivity index (χ4v) is 1.30. The molecule has 1 N–H and O–H groups in total. The lowest BCUT2D eigenvalue weighted by atomic mass is 10.1. The van der Waals surface area contributed by atoms with Gasteiger partial charge in [0.1, 0.15) is 5.75 Å². The van der Waals surface area contributed by atoms with E-state index in [2.05, 4.69) is 10.1 Å². The van der Waals surface area contributed by atoms with Gasteiger partial charge in [0.25, 0.3) is 0 Å². The van der Waals surface area contributed by atoms with Gasteiger partial charge in [-0.05, 0) is 30.2 Å². The molecule has 0 heterocycles. The summed E-state index contributed by atoms with van der Waals surface area (Å²) < 4.78 is 9.68. The normalized spacial score (nSPS) is 9.53. The van der Waals surface area contributed by atoms with E-state index in [0.29, 0.717) is 5.69 Å². The van der Waals surface area contributed by atoms with E-state index in [-0.39, 0.29) is 0 Å². The Labute approximate surface area is 89.2 Å². The zero-order chi connectivity index (χ0) is 11.3. The number of hydrogen-bond acceptors (Lipinski definition) is 3. The van der Waals surface area contributed by atoms with Gasteiger partial charge in [0.05, 0.1) is 14.2 Å². The third-order valence-electron chi connectivity index (χ3n) is 2.09. The maximum atomic E-state index is 11.0. The maximum Gasteiger partial charge on any atom is 0.411 e.